The van der Waals surface area contributed by atoms with Crippen LogP contribution in [-0.4, -0.2) is 18.8 Å². The lowest BCUT2D eigenvalue weighted by atomic mass is 9.64. The molecule has 2 rings (SSSR count). The first-order chi connectivity index (χ1) is 8.05. The van der Waals surface area contributed by atoms with Gasteiger partial charge in [-0.3, -0.25) is 0 Å². The summed E-state index contributed by atoms with van der Waals surface area (Å²) in [5.74, 6) is -0.583. The van der Waals surface area contributed by atoms with Crippen LogP contribution in [-0.2, 0) is 5.41 Å². The van der Waals surface area contributed by atoms with E-state index in [0.29, 0.717) is 6.54 Å². The summed E-state index contributed by atoms with van der Waals surface area (Å²) in [6.07, 6.45) is 2.50. The van der Waals surface area contributed by atoms with Crippen LogP contribution in [0.1, 0.15) is 24.8 Å². The molecule has 0 unspecified atom stereocenters. The molecule has 3 N–H and O–H groups in total. The lowest BCUT2D eigenvalue weighted by Crippen LogP contribution is -2.42. The van der Waals surface area contributed by atoms with Gasteiger partial charge < -0.3 is 15.6 Å². The molecule has 0 heterocycles. The number of nitrogens with two attached hydrogens (primary N) is 1. The van der Waals surface area contributed by atoms with Gasteiger partial charge in [-0.25, -0.2) is 4.39 Å². The molecule has 1 aromatic rings. The minimum Gasteiger partial charge on any atom is -0.504 e. The number of halogens is 2. The minimum absolute atomic E-state index is 0.0469. The Morgan fingerprint density at radius 1 is 1.59 bits per heavy atom. The predicted octanol–water partition coefficient (Wildman–Crippen LogP) is 2.57. The van der Waals surface area contributed by atoms with Gasteiger partial charge >= 0.3 is 0 Å². The Morgan fingerprint density at radius 3 is 2.65 bits per heavy atom. The van der Waals surface area contributed by atoms with Crippen LogP contribution in [0.4, 0.5) is 4.39 Å². The van der Waals surface area contributed by atoms with Crippen LogP contribution in [0, 0.1) is 5.82 Å². The van der Waals surface area contributed by atoms with Crippen LogP contribution in [0.2, 0.25) is 5.02 Å². The van der Waals surface area contributed by atoms with Gasteiger partial charge in [0.05, 0.1) is 12.1 Å². The highest BCUT2D eigenvalue weighted by Gasteiger charge is 2.43. The molecular weight excluding hydrogens is 245 g/mol. The zero-order chi connectivity index (χ0) is 12.6. The maximum Gasteiger partial charge on any atom is 0.164 e. The second-order valence-corrected chi connectivity index (χ2v) is 4.84. The van der Waals surface area contributed by atoms with E-state index in [0.717, 1.165) is 19.3 Å². The van der Waals surface area contributed by atoms with E-state index in [1.165, 1.54) is 13.2 Å². The predicted molar refractivity (Wildman–Crippen MR) is 64.2 cm³/mol. The fraction of sp³-hybridized carbons (Fsp3) is 0.500. The summed E-state index contributed by atoms with van der Waals surface area (Å²) in [5, 5.41) is 10.00. The molecule has 17 heavy (non-hydrogen) atoms. The first kappa shape index (κ1) is 12.5. The van der Waals surface area contributed by atoms with Gasteiger partial charge in [-0.1, -0.05) is 18.0 Å². The number of hydrogen-bond acceptors (Lipinski definition) is 3. The van der Waals surface area contributed by atoms with E-state index in [2.05, 4.69) is 0 Å². The number of phenolic OH excluding ortho intramolecular Hbond substituents is 1. The highest BCUT2D eigenvalue weighted by atomic mass is 35.5. The van der Waals surface area contributed by atoms with Crippen molar-refractivity contribution in [3.05, 3.63) is 22.5 Å². The van der Waals surface area contributed by atoms with Crippen LogP contribution in [0.3, 0.4) is 0 Å². The molecule has 1 fully saturated rings. The number of rotatable bonds is 3. The third-order valence-electron chi connectivity index (χ3n) is 3.61. The van der Waals surface area contributed by atoms with E-state index < -0.39 is 11.2 Å². The van der Waals surface area contributed by atoms with Crippen LogP contribution in [0.5, 0.6) is 11.5 Å². The van der Waals surface area contributed by atoms with Crippen molar-refractivity contribution < 1.29 is 14.2 Å². The summed E-state index contributed by atoms with van der Waals surface area (Å²) < 4.78 is 19.1. The first-order valence-corrected chi connectivity index (χ1v) is 5.89. The molecule has 0 amide bonds. The molecule has 0 aromatic heterocycles. The summed E-state index contributed by atoms with van der Waals surface area (Å²) in [6.45, 7) is 0.293. The molecule has 0 aliphatic heterocycles. The molecule has 0 saturated heterocycles. The Hall–Kier alpha value is -1.00. The lowest BCUT2D eigenvalue weighted by molar-refractivity contribution is 0.233. The maximum atomic E-state index is 14.1. The Balaban J connectivity index is 2.63. The fourth-order valence-corrected chi connectivity index (χ4v) is 2.59. The van der Waals surface area contributed by atoms with Gasteiger partial charge in [0.25, 0.3) is 0 Å². The maximum absolute atomic E-state index is 14.1. The fourth-order valence-electron chi connectivity index (χ4n) is 2.39. The molecule has 0 atom stereocenters. The van der Waals surface area contributed by atoms with Crippen molar-refractivity contribution in [2.75, 3.05) is 13.7 Å². The van der Waals surface area contributed by atoms with Crippen molar-refractivity contribution >= 4 is 11.6 Å². The number of ether oxygens (including phenoxy) is 1. The van der Waals surface area contributed by atoms with Gasteiger partial charge in [0.2, 0.25) is 0 Å². The standard InChI is InChI=1S/C12H15ClFNO2/c1-17-8-5-7(13)10(14)9(11(8)16)12(6-15)3-2-4-12/h5,16H,2-4,6,15H2,1H3. The Labute approximate surface area is 104 Å². The van der Waals surface area contributed by atoms with E-state index in [9.17, 15) is 9.50 Å². The van der Waals surface area contributed by atoms with Gasteiger partial charge in [0.1, 0.15) is 5.82 Å². The first-order valence-electron chi connectivity index (χ1n) is 5.51. The summed E-state index contributed by atoms with van der Waals surface area (Å²) in [5.41, 5.74) is 5.43. The zero-order valence-electron chi connectivity index (χ0n) is 9.59. The van der Waals surface area contributed by atoms with Crippen molar-refractivity contribution in [3.8, 4) is 11.5 Å². The molecular formula is C12H15ClFNO2. The van der Waals surface area contributed by atoms with Gasteiger partial charge in [0, 0.05) is 23.6 Å². The summed E-state index contributed by atoms with van der Waals surface area (Å²) in [7, 11) is 1.41. The quantitative estimate of drug-likeness (QED) is 0.877. The Morgan fingerprint density at radius 2 is 2.24 bits per heavy atom. The normalized spacial score (nSPS) is 17.6. The third kappa shape index (κ3) is 1.76. The van der Waals surface area contributed by atoms with Crippen LogP contribution < -0.4 is 10.5 Å². The van der Waals surface area contributed by atoms with Gasteiger partial charge in [0.15, 0.2) is 11.5 Å². The third-order valence-corrected chi connectivity index (χ3v) is 3.88. The van der Waals surface area contributed by atoms with E-state index in [1.807, 2.05) is 0 Å². The Bertz CT molecular complexity index is 441. The number of phenols is 1. The van der Waals surface area contributed by atoms with Crippen LogP contribution in [0.25, 0.3) is 0 Å². The van der Waals surface area contributed by atoms with Crippen molar-refractivity contribution in [3.63, 3.8) is 0 Å². The molecule has 94 valence electrons. The molecule has 0 bridgehead atoms. The van der Waals surface area contributed by atoms with Gasteiger partial charge in [-0.2, -0.15) is 0 Å². The average Bonchev–Trinajstić information content (AvgIpc) is 2.27. The molecule has 1 aliphatic carbocycles. The largest absolute Gasteiger partial charge is 0.504 e. The molecule has 1 saturated carbocycles. The topological polar surface area (TPSA) is 55.5 Å². The van der Waals surface area contributed by atoms with E-state index in [-0.39, 0.29) is 22.1 Å². The second-order valence-electron chi connectivity index (χ2n) is 4.44. The molecule has 0 radical (unpaired) electrons. The van der Waals surface area contributed by atoms with Crippen molar-refractivity contribution in [1.82, 2.24) is 0 Å². The molecule has 1 aromatic carbocycles. The monoisotopic (exact) mass is 259 g/mol. The van der Waals surface area contributed by atoms with Crippen LogP contribution in [0.15, 0.2) is 6.07 Å². The number of hydrogen-bond donors (Lipinski definition) is 2. The minimum atomic E-state index is -0.588. The highest BCUT2D eigenvalue weighted by molar-refractivity contribution is 6.31. The number of aromatic hydroxyl groups is 1. The van der Waals surface area contributed by atoms with Crippen molar-refractivity contribution in [1.29, 1.82) is 0 Å². The summed E-state index contributed by atoms with van der Waals surface area (Å²) in [4.78, 5) is 0. The smallest absolute Gasteiger partial charge is 0.164 e. The van der Waals surface area contributed by atoms with Crippen molar-refractivity contribution in [2.24, 2.45) is 5.73 Å². The molecule has 5 heteroatoms. The second kappa shape index (κ2) is 4.35. The SMILES string of the molecule is COc1cc(Cl)c(F)c(C2(CN)CCC2)c1O. The van der Waals surface area contributed by atoms with E-state index in [1.54, 1.807) is 0 Å². The highest BCUT2D eigenvalue weighted by Crippen LogP contribution is 2.51. The zero-order valence-corrected chi connectivity index (χ0v) is 10.4. The van der Waals surface area contributed by atoms with Gasteiger partial charge in [-0.15, -0.1) is 0 Å². The average molecular weight is 260 g/mol. The van der Waals surface area contributed by atoms with E-state index >= 15 is 0 Å². The van der Waals surface area contributed by atoms with Gasteiger partial charge in [-0.05, 0) is 12.8 Å². The summed E-state index contributed by atoms with van der Waals surface area (Å²) in [6, 6.07) is 1.28. The molecule has 3 nitrogen and oxygen atoms in total. The number of methoxy groups -OCH3 is 1. The molecule has 1 aliphatic rings. The molecule has 0 spiro atoms. The number of benzene rings is 1. The summed E-state index contributed by atoms with van der Waals surface area (Å²) >= 11 is 5.81. The van der Waals surface area contributed by atoms with E-state index in [4.69, 9.17) is 22.1 Å². The van der Waals surface area contributed by atoms with Crippen molar-refractivity contribution in [2.45, 2.75) is 24.7 Å². The lowest BCUT2D eigenvalue weighted by Gasteiger charge is -2.42. The Kier molecular flexibility index (Phi) is 3.19. The van der Waals surface area contributed by atoms with Crippen LogP contribution >= 0.6 is 11.6 Å².